The number of benzene rings is 2. The van der Waals surface area contributed by atoms with Crippen LogP contribution in [0.4, 0.5) is 0 Å². The van der Waals surface area contributed by atoms with Crippen LogP contribution < -0.4 is 0 Å². The Morgan fingerprint density at radius 3 is 2.07 bits per heavy atom. The van der Waals surface area contributed by atoms with Gasteiger partial charge in [-0.05, 0) is 81.1 Å². The highest BCUT2D eigenvalue weighted by Gasteiger charge is 2.27. The van der Waals surface area contributed by atoms with Crippen molar-refractivity contribution in [2.75, 3.05) is 21.1 Å². The molecule has 1 aliphatic carbocycles. The SMILES string of the molecule is CN(C)Cc1ccc([C@H]2CC[C@H](N(C)C(=O)c3ccc(Cl)cc3)CC2)cc1. The van der Waals surface area contributed by atoms with Crippen molar-refractivity contribution in [3.05, 3.63) is 70.2 Å². The van der Waals surface area contributed by atoms with Gasteiger partial charge in [-0.25, -0.2) is 0 Å². The zero-order chi connectivity index (χ0) is 19.4. The van der Waals surface area contributed by atoms with Crippen LogP contribution in [0, 0.1) is 0 Å². The molecule has 144 valence electrons. The Balaban J connectivity index is 1.56. The summed E-state index contributed by atoms with van der Waals surface area (Å²) in [5.74, 6) is 0.692. The van der Waals surface area contributed by atoms with Crippen molar-refractivity contribution in [3.8, 4) is 0 Å². The zero-order valence-electron chi connectivity index (χ0n) is 16.5. The summed E-state index contributed by atoms with van der Waals surface area (Å²) in [7, 11) is 6.12. The zero-order valence-corrected chi connectivity index (χ0v) is 17.2. The van der Waals surface area contributed by atoms with Crippen molar-refractivity contribution in [1.29, 1.82) is 0 Å². The van der Waals surface area contributed by atoms with Gasteiger partial charge >= 0.3 is 0 Å². The van der Waals surface area contributed by atoms with E-state index in [0.29, 0.717) is 22.5 Å². The lowest BCUT2D eigenvalue weighted by Gasteiger charge is -2.35. The Morgan fingerprint density at radius 1 is 0.926 bits per heavy atom. The molecule has 0 radical (unpaired) electrons. The Labute approximate surface area is 167 Å². The second-order valence-electron chi connectivity index (χ2n) is 7.91. The van der Waals surface area contributed by atoms with Crippen LogP contribution in [0.15, 0.2) is 48.5 Å². The van der Waals surface area contributed by atoms with Gasteiger partial charge in [0.15, 0.2) is 0 Å². The number of carbonyl (C=O) groups excluding carboxylic acids is 1. The first-order valence-corrected chi connectivity index (χ1v) is 10.1. The van der Waals surface area contributed by atoms with Crippen molar-refractivity contribution in [2.24, 2.45) is 0 Å². The topological polar surface area (TPSA) is 23.6 Å². The molecule has 0 heterocycles. The van der Waals surface area contributed by atoms with Crippen molar-refractivity contribution >= 4 is 17.5 Å². The molecule has 27 heavy (non-hydrogen) atoms. The second kappa shape index (κ2) is 8.90. The highest BCUT2D eigenvalue weighted by molar-refractivity contribution is 6.30. The molecule has 0 aromatic heterocycles. The van der Waals surface area contributed by atoms with Gasteiger partial charge in [0, 0.05) is 30.2 Å². The molecule has 3 nitrogen and oxygen atoms in total. The number of carbonyl (C=O) groups is 1. The van der Waals surface area contributed by atoms with Gasteiger partial charge in [0.05, 0.1) is 0 Å². The highest BCUT2D eigenvalue weighted by Crippen LogP contribution is 2.35. The van der Waals surface area contributed by atoms with Gasteiger partial charge in [-0.3, -0.25) is 4.79 Å². The Morgan fingerprint density at radius 2 is 1.52 bits per heavy atom. The van der Waals surface area contributed by atoms with Gasteiger partial charge in [-0.2, -0.15) is 0 Å². The third-order valence-corrected chi connectivity index (χ3v) is 5.86. The smallest absolute Gasteiger partial charge is 0.253 e. The largest absolute Gasteiger partial charge is 0.339 e. The first-order chi connectivity index (χ1) is 12.9. The van der Waals surface area contributed by atoms with E-state index in [1.54, 1.807) is 12.1 Å². The van der Waals surface area contributed by atoms with Crippen molar-refractivity contribution in [1.82, 2.24) is 9.80 Å². The number of halogens is 1. The van der Waals surface area contributed by atoms with Gasteiger partial charge in [0.25, 0.3) is 5.91 Å². The molecule has 0 atom stereocenters. The quantitative estimate of drug-likeness (QED) is 0.707. The molecule has 0 saturated heterocycles. The summed E-state index contributed by atoms with van der Waals surface area (Å²) in [6.07, 6.45) is 4.38. The van der Waals surface area contributed by atoms with Crippen LogP contribution >= 0.6 is 11.6 Å². The second-order valence-corrected chi connectivity index (χ2v) is 8.34. The molecule has 0 aliphatic heterocycles. The summed E-state index contributed by atoms with van der Waals surface area (Å²) in [6.45, 7) is 0.977. The summed E-state index contributed by atoms with van der Waals surface area (Å²) in [4.78, 5) is 16.8. The molecule has 3 rings (SSSR count). The predicted octanol–water partition coefficient (Wildman–Crippen LogP) is 5.20. The highest BCUT2D eigenvalue weighted by atomic mass is 35.5. The minimum atomic E-state index is 0.0863. The number of nitrogens with zero attached hydrogens (tertiary/aromatic N) is 2. The molecule has 2 aromatic rings. The van der Waals surface area contributed by atoms with Gasteiger partial charge in [-0.1, -0.05) is 35.9 Å². The van der Waals surface area contributed by atoms with Crippen molar-refractivity contribution < 1.29 is 4.79 Å². The summed E-state index contributed by atoms with van der Waals surface area (Å²) < 4.78 is 0. The molecule has 0 spiro atoms. The minimum absolute atomic E-state index is 0.0863. The molecule has 2 aromatic carbocycles. The van der Waals surface area contributed by atoms with E-state index in [2.05, 4.69) is 43.3 Å². The predicted molar refractivity (Wildman–Crippen MR) is 112 cm³/mol. The molecule has 0 unspecified atom stereocenters. The van der Waals surface area contributed by atoms with Gasteiger partial charge < -0.3 is 9.80 Å². The fourth-order valence-electron chi connectivity index (χ4n) is 4.02. The summed E-state index contributed by atoms with van der Waals surface area (Å²) in [5, 5.41) is 0.659. The lowest BCUT2D eigenvalue weighted by molar-refractivity contribution is 0.0689. The van der Waals surface area contributed by atoms with E-state index in [-0.39, 0.29) is 5.91 Å². The molecular formula is C23H29ClN2O. The van der Waals surface area contributed by atoms with Gasteiger partial charge in [0.1, 0.15) is 0 Å². The van der Waals surface area contributed by atoms with Crippen LogP contribution in [0.3, 0.4) is 0 Å². The average molecular weight is 385 g/mol. The summed E-state index contributed by atoms with van der Waals surface area (Å²) in [5.41, 5.74) is 3.49. The van der Waals surface area contributed by atoms with Crippen molar-refractivity contribution in [2.45, 2.75) is 44.2 Å². The molecule has 4 heteroatoms. The maximum Gasteiger partial charge on any atom is 0.253 e. The van der Waals surface area contributed by atoms with E-state index in [1.807, 2.05) is 24.1 Å². The number of hydrogen-bond acceptors (Lipinski definition) is 2. The van der Waals surface area contributed by atoms with Crippen LogP contribution in [-0.4, -0.2) is 42.9 Å². The standard InChI is InChI=1S/C23H29ClN2O/c1-25(2)16-17-4-6-18(7-5-17)19-10-14-22(15-11-19)26(3)23(27)20-8-12-21(24)13-9-20/h4-9,12-13,19,22H,10-11,14-16H2,1-3H3/t19-,22-. The van der Waals surface area contributed by atoms with E-state index in [0.717, 1.165) is 32.2 Å². The average Bonchev–Trinajstić information content (AvgIpc) is 2.68. The van der Waals surface area contributed by atoms with E-state index in [9.17, 15) is 4.79 Å². The maximum absolute atomic E-state index is 12.7. The number of rotatable bonds is 5. The first-order valence-electron chi connectivity index (χ1n) is 9.70. The minimum Gasteiger partial charge on any atom is -0.339 e. The van der Waals surface area contributed by atoms with Gasteiger partial charge in [-0.15, -0.1) is 0 Å². The number of amides is 1. The molecule has 1 fully saturated rings. The van der Waals surface area contributed by atoms with E-state index < -0.39 is 0 Å². The normalized spacial score (nSPS) is 19.9. The number of hydrogen-bond donors (Lipinski definition) is 0. The van der Waals surface area contributed by atoms with Crippen LogP contribution in [0.5, 0.6) is 0 Å². The molecule has 1 amide bonds. The third-order valence-electron chi connectivity index (χ3n) is 5.61. The van der Waals surface area contributed by atoms with E-state index >= 15 is 0 Å². The lowest BCUT2D eigenvalue weighted by atomic mass is 9.81. The Kier molecular flexibility index (Phi) is 6.56. The first kappa shape index (κ1) is 19.9. The summed E-state index contributed by atoms with van der Waals surface area (Å²) >= 11 is 5.93. The van der Waals surface area contributed by atoms with E-state index in [4.69, 9.17) is 11.6 Å². The Hall–Kier alpha value is -1.84. The van der Waals surface area contributed by atoms with Gasteiger partial charge in [0.2, 0.25) is 0 Å². The molecule has 1 saturated carbocycles. The lowest BCUT2D eigenvalue weighted by Crippen LogP contribution is -2.39. The Bertz CT molecular complexity index is 747. The fraction of sp³-hybridized carbons (Fsp3) is 0.435. The molecular weight excluding hydrogens is 356 g/mol. The van der Waals surface area contributed by atoms with Crippen LogP contribution in [-0.2, 0) is 6.54 Å². The summed E-state index contributed by atoms with van der Waals surface area (Å²) in [6, 6.07) is 16.6. The van der Waals surface area contributed by atoms with Crippen LogP contribution in [0.2, 0.25) is 5.02 Å². The molecule has 1 aliphatic rings. The van der Waals surface area contributed by atoms with Crippen molar-refractivity contribution in [3.63, 3.8) is 0 Å². The third kappa shape index (κ3) is 5.12. The molecule has 0 bridgehead atoms. The maximum atomic E-state index is 12.7. The van der Waals surface area contributed by atoms with Crippen LogP contribution in [0.1, 0.15) is 53.1 Å². The monoisotopic (exact) mass is 384 g/mol. The van der Waals surface area contributed by atoms with E-state index in [1.165, 1.54) is 11.1 Å². The van der Waals surface area contributed by atoms with Crippen LogP contribution in [0.25, 0.3) is 0 Å². The fourth-order valence-corrected chi connectivity index (χ4v) is 4.14. The molecule has 0 N–H and O–H groups in total.